The Morgan fingerprint density at radius 2 is 2.00 bits per heavy atom. The maximum atomic E-state index is 9.92. The number of hydrogen-bond donors (Lipinski definition) is 1. The van der Waals surface area contributed by atoms with Crippen molar-refractivity contribution in [2.45, 2.75) is 45.6 Å². The first-order valence-corrected chi connectivity index (χ1v) is 4.71. The van der Waals surface area contributed by atoms with Gasteiger partial charge in [-0.05, 0) is 43.4 Å². The van der Waals surface area contributed by atoms with Crippen molar-refractivity contribution in [3.63, 3.8) is 0 Å². The fourth-order valence-electron chi connectivity index (χ4n) is 3.02. The summed E-state index contributed by atoms with van der Waals surface area (Å²) in [6, 6.07) is 0. The minimum atomic E-state index is -0.329. The van der Waals surface area contributed by atoms with Crippen LogP contribution < -0.4 is 0 Å². The van der Waals surface area contributed by atoms with E-state index in [1.165, 1.54) is 12.8 Å². The smallest absolute Gasteiger partial charge is 0.0653 e. The molecule has 1 nitrogen and oxygen atoms in total. The number of aliphatic hydroxyl groups is 1. The van der Waals surface area contributed by atoms with Gasteiger partial charge in [0.2, 0.25) is 0 Å². The van der Waals surface area contributed by atoms with Crippen LogP contribution in [0, 0.1) is 17.3 Å². The lowest BCUT2D eigenvalue weighted by atomic mass is 9.90. The first-order chi connectivity index (χ1) is 4.99. The molecule has 2 rings (SSSR count). The lowest BCUT2D eigenvalue weighted by Crippen LogP contribution is -2.23. The van der Waals surface area contributed by atoms with Gasteiger partial charge in [0.15, 0.2) is 0 Å². The molecular weight excluding hydrogens is 136 g/mol. The van der Waals surface area contributed by atoms with Gasteiger partial charge in [-0.25, -0.2) is 0 Å². The summed E-state index contributed by atoms with van der Waals surface area (Å²) in [6.07, 6.45) is 3.55. The highest BCUT2D eigenvalue weighted by atomic mass is 16.3. The van der Waals surface area contributed by atoms with Gasteiger partial charge in [-0.3, -0.25) is 0 Å². The Bertz CT molecular complexity index is 183. The summed E-state index contributed by atoms with van der Waals surface area (Å²) in [5, 5.41) is 9.92. The van der Waals surface area contributed by atoms with Crippen molar-refractivity contribution in [2.24, 2.45) is 17.3 Å². The molecule has 2 saturated carbocycles. The van der Waals surface area contributed by atoms with Gasteiger partial charge in [0.1, 0.15) is 0 Å². The first kappa shape index (κ1) is 7.60. The van der Waals surface area contributed by atoms with Crippen LogP contribution in [0.5, 0.6) is 0 Å². The molecule has 2 aliphatic carbocycles. The normalized spacial score (nSPS) is 54.8. The van der Waals surface area contributed by atoms with Gasteiger partial charge >= 0.3 is 0 Å². The Kier molecular flexibility index (Phi) is 1.26. The van der Waals surface area contributed by atoms with Crippen molar-refractivity contribution in [1.82, 2.24) is 0 Å². The van der Waals surface area contributed by atoms with Crippen LogP contribution in [0.1, 0.15) is 40.0 Å². The topological polar surface area (TPSA) is 20.2 Å². The number of fused-ring (bicyclic) bond motifs is 1. The van der Waals surface area contributed by atoms with E-state index < -0.39 is 0 Å². The molecule has 0 aromatic rings. The molecule has 2 aliphatic rings. The van der Waals surface area contributed by atoms with Crippen LogP contribution >= 0.6 is 0 Å². The molecule has 0 aliphatic heterocycles. The zero-order valence-electron chi connectivity index (χ0n) is 7.72. The van der Waals surface area contributed by atoms with Gasteiger partial charge in [-0.15, -0.1) is 0 Å². The van der Waals surface area contributed by atoms with Gasteiger partial charge < -0.3 is 5.11 Å². The Hall–Kier alpha value is -0.0400. The Labute approximate surface area is 68.8 Å². The second-order valence-electron chi connectivity index (χ2n) is 5.00. The molecule has 3 unspecified atom stereocenters. The predicted molar refractivity (Wildman–Crippen MR) is 45.2 cm³/mol. The fraction of sp³-hybridized carbons (Fsp3) is 1.00. The maximum absolute atomic E-state index is 9.92. The predicted octanol–water partition coefficient (Wildman–Crippen LogP) is 2.19. The molecule has 0 saturated heterocycles. The SMILES string of the molecule is CC(C)C12CCC(C)(O)C1C2. The van der Waals surface area contributed by atoms with Gasteiger partial charge in [0.05, 0.1) is 5.60 Å². The van der Waals surface area contributed by atoms with Crippen LogP contribution in [0.25, 0.3) is 0 Å². The lowest BCUT2D eigenvalue weighted by molar-refractivity contribution is 0.0426. The third-order valence-electron chi connectivity index (χ3n) is 4.12. The summed E-state index contributed by atoms with van der Waals surface area (Å²) in [5.74, 6) is 1.39. The second kappa shape index (κ2) is 1.82. The Morgan fingerprint density at radius 1 is 1.36 bits per heavy atom. The summed E-state index contributed by atoms with van der Waals surface area (Å²) in [6.45, 7) is 6.59. The van der Waals surface area contributed by atoms with Crippen LogP contribution in [-0.2, 0) is 0 Å². The molecule has 0 radical (unpaired) electrons. The van der Waals surface area contributed by atoms with E-state index in [0.717, 1.165) is 12.3 Å². The third-order valence-corrected chi connectivity index (χ3v) is 4.12. The van der Waals surface area contributed by atoms with Crippen molar-refractivity contribution in [3.8, 4) is 0 Å². The molecule has 1 N–H and O–H groups in total. The van der Waals surface area contributed by atoms with E-state index in [0.29, 0.717) is 11.3 Å². The second-order valence-corrected chi connectivity index (χ2v) is 5.00. The zero-order valence-corrected chi connectivity index (χ0v) is 7.72. The van der Waals surface area contributed by atoms with E-state index in [4.69, 9.17) is 0 Å². The standard InChI is InChI=1S/C10H18O/c1-7(2)10-5-4-9(3,11)8(10)6-10/h7-8,11H,4-6H2,1-3H3. The highest BCUT2D eigenvalue weighted by Crippen LogP contribution is 2.70. The third kappa shape index (κ3) is 0.807. The van der Waals surface area contributed by atoms with E-state index in [1.54, 1.807) is 0 Å². The summed E-state index contributed by atoms with van der Waals surface area (Å²) in [4.78, 5) is 0. The van der Waals surface area contributed by atoms with Crippen molar-refractivity contribution in [3.05, 3.63) is 0 Å². The van der Waals surface area contributed by atoms with Crippen molar-refractivity contribution < 1.29 is 5.11 Å². The van der Waals surface area contributed by atoms with Crippen LogP contribution in [-0.4, -0.2) is 10.7 Å². The minimum absolute atomic E-state index is 0.329. The van der Waals surface area contributed by atoms with E-state index in [9.17, 15) is 5.11 Å². The number of hydrogen-bond acceptors (Lipinski definition) is 1. The van der Waals surface area contributed by atoms with Crippen LogP contribution in [0.4, 0.5) is 0 Å². The largest absolute Gasteiger partial charge is 0.390 e. The molecule has 0 amide bonds. The monoisotopic (exact) mass is 154 g/mol. The molecule has 0 bridgehead atoms. The highest BCUT2D eigenvalue weighted by Gasteiger charge is 2.67. The van der Waals surface area contributed by atoms with Crippen LogP contribution in [0.15, 0.2) is 0 Å². The molecule has 1 heteroatoms. The Morgan fingerprint density at radius 3 is 2.18 bits per heavy atom. The molecule has 0 aromatic carbocycles. The van der Waals surface area contributed by atoms with E-state index in [-0.39, 0.29) is 5.60 Å². The van der Waals surface area contributed by atoms with E-state index in [1.807, 2.05) is 6.92 Å². The zero-order chi connectivity index (χ0) is 8.28. The summed E-state index contributed by atoms with van der Waals surface area (Å²) < 4.78 is 0. The maximum Gasteiger partial charge on any atom is 0.0653 e. The van der Waals surface area contributed by atoms with Gasteiger partial charge in [0.25, 0.3) is 0 Å². The first-order valence-electron chi connectivity index (χ1n) is 4.71. The van der Waals surface area contributed by atoms with Gasteiger partial charge in [-0.2, -0.15) is 0 Å². The summed E-state index contributed by atoms with van der Waals surface area (Å²) in [5.41, 5.74) is 0.216. The quantitative estimate of drug-likeness (QED) is 0.614. The van der Waals surface area contributed by atoms with E-state index in [2.05, 4.69) is 13.8 Å². The Balaban J connectivity index is 2.17. The highest BCUT2D eigenvalue weighted by molar-refractivity contribution is 5.16. The van der Waals surface area contributed by atoms with E-state index >= 15 is 0 Å². The number of rotatable bonds is 1. The fourth-order valence-corrected chi connectivity index (χ4v) is 3.02. The summed E-state index contributed by atoms with van der Waals surface area (Å²) >= 11 is 0. The van der Waals surface area contributed by atoms with Crippen LogP contribution in [0.3, 0.4) is 0 Å². The van der Waals surface area contributed by atoms with Gasteiger partial charge in [0, 0.05) is 0 Å². The lowest BCUT2D eigenvalue weighted by Gasteiger charge is -2.17. The van der Waals surface area contributed by atoms with Crippen molar-refractivity contribution in [1.29, 1.82) is 0 Å². The van der Waals surface area contributed by atoms with Crippen molar-refractivity contribution in [2.75, 3.05) is 0 Å². The van der Waals surface area contributed by atoms with Crippen LogP contribution in [0.2, 0.25) is 0 Å². The van der Waals surface area contributed by atoms with Gasteiger partial charge in [-0.1, -0.05) is 13.8 Å². The van der Waals surface area contributed by atoms with Crippen molar-refractivity contribution >= 4 is 0 Å². The molecule has 0 aromatic heterocycles. The summed E-state index contributed by atoms with van der Waals surface area (Å²) in [7, 11) is 0. The molecule has 2 fully saturated rings. The molecule has 0 spiro atoms. The average molecular weight is 154 g/mol. The minimum Gasteiger partial charge on any atom is -0.390 e. The molecule has 0 heterocycles. The molecule has 3 atom stereocenters. The molecular formula is C10H18O. The average Bonchev–Trinajstić information content (AvgIpc) is 2.54. The molecule has 11 heavy (non-hydrogen) atoms. The molecule has 64 valence electrons.